The number of hydrogen-bond donors (Lipinski definition) is 2. The molecule has 104 valence electrons. The lowest BCUT2D eigenvalue weighted by atomic mass is 9.96. The number of imidazole rings is 1. The fourth-order valence-corrected chi connectivity index (χ4v) is 3.20. The number of hydrogen-bond acceptors (Lipinski definition) is 4. The Balaban J connectivity index is 1.89. The molecule has 1 atom stereocenters. The van der Waals surface area contributed by atoms with E-state index in [1.807, 2.05) is 11.6 Å². The lowest BCUT2D eigenvalue weighted by Gasteiger charge is -2.18. The topological polar surface area (TPSA) is 55.3 Å². The smallest absolute Gasteiger partial charge is 0.193 e. The van der Waals surface area contributed by atoms with Gasteiger partial charge in [0.15, 0.2) is 4.96 Å². The zero-order valence-corrected chi connectivity index (χ0v) is 12.4. The summed E-state index contributed by atoms with van der Waals surface area (Å²) in [5, 5.41) is 2.04. The quantitative estimate of drug-likeness (QED) is 0.573. The first-order valence-corrected chi connectivity index (χ1v) is 7.49. The molecule has 0 saturated carbocycles. The van der Waals surface area contributed by atoms with Crippen LogP contribution >= 0.6 is 11.3 Å². The van der Waals surface area contributed by atoms with Gasteiger partial charge in [0, 0.05) is 24.2 Å². The van der Waals surface area contributed by atoms with Crippen LogP contribution in [-0.2, 0) is 6.42 Å². The SMILES string of the molecule is Cc1ccc(C)c(C(Cc2cn3ccsc3n2)NN)c1. The van der Waals surface area contributed by atoms with Gasteiger partial charge in [-0.3, -0.25) is 15.7 Å². The first kappa shape index (κ1) is 13.3. The lowest BCUT2D eigenvalue weighted by Crippen LogP contribution is -2.30. The number of nitrogens with one attached hydrogen (secondary N) is 1. The number of fused-ring (bicyclic) bond motifs is 1. The Hall–Kier alpha value is -1.69. The average molecular weight is 286 g/mol. The first-order chi connectivity index (χ1) is 9.67. The molecule has 3 N–H and O–H groups in total. The fourth-order valence-electron chi connectivity index (χ4n) is 2.48. The second-order valence-electron chi connectivity index (χ2n) is 5.11. The van der Waals surface area contributed by atoms with Crippen molar-refractivity contribution in [3.63, 3.8) is 0 Å². The predicted molar refractivity (Wildman–Crippen MR) is 82.8 cm³/mol. The average Bonchev–Trinajstić information content (AvgIpc) is 3.00. The molecule has 2 heterocycles. The third-order valence-electron chi connectivity index (χ3n) is 3.57. The Morgan fingerprint density at radius 1 is 1.40 bits per heavy atom. The van der Waals surface area contributed by atoms with Crippen LogP contribution in [0, 0.1) is 13.8 Å². The predicted octanol–water partition coefficient (Wildman–Crippen LogP) is 2.76. The molecule has 0 radical (unpaired) electrons. The number of hydrazine groups is 1. The van der Waals surface area contributed by atoms with Crippen molar-refractivity contribution in [3.8, 4) is 0 Å². The standard InChI is InChI=1S/C15H18N4S/c1-10-3-4-11(2)13(7-10)14(18-16)8-12-9-19-5-6-20-15(19)17-12/h3-7,9,14,18H,8,16H2,1-2H3. The number of rotatable bonds is 4. The van der Waals surface area contributed by atoms with Crippen molar-refractivity contribution in [2.24, 2.45) is 5.84 Å². The molecule has 2 aromatic heterocycles. The van der Waals surface area contributed by atoms with Crippen molar-refractivity contribution in [2.45, 2.75) is 26.3 Å². The molecule has 3 rings (SSSR count). The highest BCUT2D eigenvalue weighted by Gasteiger charge is 2.15. The van der Waals surface area contributed by atoms with E-state index in [-0.39, 0.29) is 6.04 Å². The van der Waals surface area contributed by atoms with Crippen LogP contribution in [0.5, 0.6) is 0 Å². The summed E-state index contributed by atoms with van der Waals surface area (Å²) < 4.78 is 2.05. The number of thiazole rings is 1. The zero-order chi connectivity index (χ0) is 14.1. The van der Waals surface area contributed by atoms with Crippen molar-refractivity contribution in [1.29, 1.82) is 0 Å². The summed E-state index contributed by atoms with van der Waals surface area (Å²) >= 11 is 1.64. The van der Waals surface area contributed by atoms with Gasteiger partial charge in [-0.1, -0.05) is 23.8 Å². The zero-order valence-electron chi connectivity index (χ0n) is 11.6. The van der Waals surface area contributed by atoms with Gasteiger partial charge < -0.3 is 0 Å². The van der Waals surface area contributed by atoms with E-state index in [9.17, 15) is 0 Å². The van der Waals surface area contributed by atoms with Gasteiger partial charge in [0.1, 0.15) is 0 Å². The molecule has 20 heavy (non-hydrogen) atoms. The Labute approximate surface area is 122 Å². The van der Waals surface area contributed by atoms with Crippen molar-refractivity contribution >= 4 is 16.3 Å². The number of nitrogens with two attached hydrogens (primary N) is 1. The minimum absolute atomic E-state index is 0.0829. The summed E-state index contributed by atoms with van der Waals surface area (Å²) in [6, 6.07) is 6.54. The monoisotopic (exact) mass is 286 g/mol. The number of aromatic nitrogens is 2. The Bertz CT molecular complexity index is 700. The summed E-state index contributed by atoms with van der Waals surface area (Å²) in [4.78, 5) is 5.65. The van der Waals surface area contributed by atoms with Crippen LogP contribution < -0.4 is 11.3 Å². The molecule has 0 aliphatic carbocycles. The molecule has 5 heteroatoms. The number of nitrogens with zero attached hydrogens (tertiary/aromatic N) is 2. The molecule has 1 aromatic carbocycles. The molecule has 0 spiro atoms. The highest BCUT2D eigenvalue weighted by molar-refractivity contribution is 7.15. The summed E-state index contributed by atoms with van der Waals surface area (Å²) in [6.07, 6.45) is 4.88. The molecule has 0 saturated heterocycles. The normalized spacial score (nSPS) is 12.9. The molecule has 0 amide bonds. The molecule has 3 aromatic rings. The van der Waals surface area contributed by atoms with Crippen LogP contribution in [0.2, 0.25) is 0 Å². The van der Waals surface area contributed by atoms with Crippen LogP contribution in [-0.4, -0.2) is 9.38 Å². The second kappa shape index (κ2) is 5.36. The van der Waals surface area contributed by atoms with Gasteiger partial charge in [0.25, 0.3) is 0 Å². The third-order valence-corrected chi connectivity index (χ3v) is 4.34. The van der Waals surface area contributed by atoms with E-state index < -0.39 is 0 Å². The van der Waals surface area contributed by atoms with Gasteiger partial charge in [-0.05, 0) is 25.0 Å². The summed E-state index contributed by atoms with van der Waals surface area (Å²) in [6.45, 7) is 4.22. The second-order valence-corrected chi connectivity index (χ2v) is 5.98. The van der Waals surface area contributed by atoms with E-state index in [2.05, 4.69) is 53.1 Å². The van der Waals surface area contributed by atoms with E-state index in [0.29, 0.717) is 0 Å². The maximum Gasteiger partial charge on any atom is 0.193 e. The maximum atomic E-state index is 5.76. The van der Waals surface area contributed by atoms with E-state index in [4.69, 9.17) is 5.84 Å². The number of aryl methyl sites for hydroxylation is 2. The fraction of sp³-hybridized carbons (Fsp3) is 0.267. The van der Waals surface area contributed by atoms with E-state index in [1.165, 1.54) is 16.7 Å². The van der Waals surface area contributed by atoms with Gasteiger partial charge in [-0.25, -0.2) is 4.98 Å². The largest absolute Gasteiger partial charge is 0.297 e. The first-order valence-electron chi connectivity index (χ1n) is 6.61. The van der Waals surface area contributed by atoms with Gasteiger partial charge in [-0.15, -0.1) is 11.3 Å². The highest BCUT2D eigenvalue weighted by Crippen LogP contribution is 2.23. The van der Waals surface area contributed by atoms with Gasteiger partial charge in [0.05, 0.1) is 11.7 Å². The summed E-state index contributed by atoms with van der Waals surface area (Å²) in [7, 11) is 0. The van der Waals surface area contributed by atoms with Crippen molar-refractivity contribution < 1.29 is 0 Å². The third kappa shape index (κ3) is 2.47. The van der Waals surface area contributed by atoms with Crippen LogP contribution in [0.1, 0.15) is 28.4 Å². The van der Waals surface area contributed by atoms with E-state index in [0.717, 1.165) is 17.1 Å². The van der Waals surface area contributed by atoms with Gasteiger partial charge in [0.2, 0.25) is 0 Å². The van der Waals surface area contributed by atoms with E-state index >= 15 is 0 Å². The molecular weight excluding hydrogens is 268 g/mol. The van der Waals surface area contributed by atoms with Gasteiger partial charge >= 0.3 is 0 Å². The summed E-state index contributed by atoms with van der Waals surface area (Å²) in [5.74, 6) is 5.76. The Morgan fingerprint density at radius 2 is 2.25 bits per heavy atom. The molecule has 1 unspecified atom stereocenters. The van der Waals surface area contributed by atoms with Crippen LogP contribution in [0.25, 0.3) is 4.96 Å². The molecule has 4 nitrogen and oxygen atoms in total. The molecular formula is C15H18N4S. The Morgan fingerprint density at radius 3 is 3.00 bits per heavy atom. The van der Waals surface area contributed by atoms with Crippen molar-refractivity contribution in [1.82, 2.24) is 14.8 Å². The molecule has 0 fully saturated rings. The van der Waals surface area contributed by atoms with Crippen LogP contribution in [0.3, 0.4) is 0 Å². The molecule has 0 aliphatic rings. The Kier molecular flexibility index (Phi) is 3.56. The van der Waals surface area contributed by atoms with Crippen LogP contribution in [0.15, 0.2) is 36.0 Å². The maximum absolute atomic E-state index is 5.76. The molecule has 0 aliphatic heterocycles. The summed E-state index contributed by atoms with van der Waals surface area (Å²) in [5.41, 5.74) is 7.72. The minimum atomic E-state index is 0.0829. The van der Waals surface area contributed by atoms with Gasteiger partial charge in [-0.2, -0.15) is 0 Å². The van der Waals surface area contributed by atoms with E-state index in [1.54, 1.807) is 11.3 Å². The highest BCUT2D eigenvalue weighted by atomic mass is 32.1. The van der Waals surface area contributed by atoms with Crippen LogP contribution in [0.4, 0.5) is 0 Å². The molecule has 0 bridgehead atoms. The number of benzene rings is 1. The minimum Gasteiger partial charge on any atom is -0.297 e. The van der Waals surface area contributed by atoms with Crippen molar-refractivity contribution in [2.75, 3.05) is 0 Å². The lowest BCUT2D eigenvalue weighted by molar-refractivity contribution is 0.544. The van der Waals surface area contributed by atoms with Crippen molar-refractivity contribution in [3.05, 3.63) is 58.4 Å².